The molecule has 0 spiro atoms. The minimum Gasteiger partial charge on any atom is -0.497 e. The molecule has 0 saturated heterocycles. The van der Waals surface area contributed by atoms with E-state index in [1.54, 1.807) is 44.7 Å². The molecule has 106 valence electrons. The molecule has 0 radical (unpaired) electrons. The zero-order chi connectivity index (χ0) is 14.8. The first-order chi connectivity index (χ1) is 10.2. The summed E-state index contributed by atoms with van der Waals surface area (Å²) in [7, 11) is 3.22. The molecule has 3 aromatic rings. The third-order valence-corrected chi connectivity index (χ3v) is 3.49. The van der Waals surface area contributed by atoms with E-state index < -0.39 is 0 Å². The maximum absolute atomic E-state index is 12.6. The molecule has 1 aromatic heterocycles. The number of carbonyl (C=O) groups is 1. The van der Waals surface area contributed by atoms with Crippen LogP contribution in [0, 0.1) is 0 Å². The Bertz CT molecular complexity index is 787. The first-order valence-corrected chi connectivity index (χ1v) is 6.57. The molecule has 0 unspecified atom stereocenters. The van der Waals surface area contributed by atoms with Gasteiger partial charge in [0.25, 0.3) is 0 Å². The lowest BCUT2D eigenvalue weighted by Crippen LogP contribution is -2.00. The fourth-order valence-electron chi connectivity index (χ4n) is 2.32. The molecule has 0 amide bonds. The van der Waals surface area contributed by atoms with Crippen molar-refractivity contribution in [1.29, 1.82) is 0 Å². The molecule has 2 aromatic carbocycles. The molecule has 0 aliphatic heterocycles. The second kappa shape index (κ2) is 5.32. The monoisotopic (exact) mass is 281 g/mol. The number of rotatable bonds is 4. The number of methoxy groups -OCH3 is 2. The Labute approximate surface area is 122 Å². The van der Waals surface area contributed by atoms with E-state index in [0.29, 0.717) is 11.1 Å². The van der Waals surface area contributed by atoms with E-state index in [4.69, 9.17) is 9.47 Å². The van der Waals surface area contributed by atoms with Gasteiger partial charge in [-0.15, -0.1) is 0 Å². The number of ether oxygens (including phenoxy) is 2. The van der Waals surface area contributed by atoms with Crippen LogP contribution >= 0.6 is 0 Å². The highest BCUT2D eigenvalue weighted by Crippen LogP contribution is 2.25. The predicted molar refractivity (Wildman–Crippen MR) is 81.3 cm³/mol. The van der Waals surface area contributed by atoms with Crippen LogP contribution in [-0.2, 0) is 0 Å². The quantitative estimate of drug-likeness (QED) is 0.745. The van der Waals surface area contributed by atoms with Gasteiger partial charge in [0.2, 0.25) is 0 Å². The van der Waals surface area contributed by atoms with E-state index in [2.05, 4.69) is 4.98 Å². The van der Waals surface area contributed by atoms with Gasteiger partial charge in [0.15, 0.2) is 5.78 Å². The number of hydrogen-bond acceptors (Lipinski definition) is 3. The van der Waals surface area contributed by atoms with Gasteiger partial charge in [0.05, 0.1) is 14.2 Å². The van der Waals surface area contributed by atoms with Crippen LogP contribution in [0.2, 0.25) is 0 Å². The van der Waals surface area contributed by atoms with Crippen molar-refractivity contribution in [2.75, 3.05) is 14.2 Å². The van der Waals surface area contributed by atoms with Crippen molar-refractivity contribution in [2.24, 2.45) is 0 Å². The lowest BCUT2D eigenvalue weighted by atomic mass is 10.0. The third-order valence-electron chi connectivity index (χ3n) is 3.49. The summed E-state index contributed by atoms with van der Waals surface area (Å²) in [6.07, 6.45) is 1.73. The molecular weight excluding hydrogens is 266 g/mol. The lowest BCUT2D eigenvalue weighted by molar-refractivity contribution is 0.104. The topological polar surface area (TPSA) is 51.3 Å². The average Bonchev–Trinajstić information content (AvgIpc) is 2.97. The van der Waals surface area contributed by atoms with Gasteiger partial charge in [-0.25, -0.2) is 0 Å². The Kier molecular flexibility index (Phi) is 3.36. The third kappa shape index (κ3) is 2.36. The molecule has 0 saturated carbocycles. The van der Waals surface area contributed by atoms with Crippen LogP contribution in [0.3, 0.4) is 0 Å². The summed E-state index contributed by atoms with van der Waals surface area (Å²) in [6.45, 7) is 0. The maximum atomic E-state index is 12.6. The summed E-state index contributed by atoms with van der Waals surface area (Å²) in [5.41, 5.74) is 2.16. The van der Waals surface area contributed by atoms with Gasteiger partial charge in [0, 0.05) is 34.3 Å². The Balaban J connectivity index is 2.00. The molecule has 0 aliphatic rings. The molecule has 0 atom stereocenters. The summed E-state index contributed by atoms with van der Waals surface area (Å²) in [5.74, 6) is 1.47. The van der Waals surface area contributed by atoms with Crippen LogP contribution in [0.1, 0.15) is 15.9 Å². The average molecular weight is 281 g/mol. The van der Waals surface area contributed by atoms with Crippen molar-refractivity contribution in [2.45, 2.75) is 0 Å². The minimum atomic E-state index is -0.0194. The highest BCUT2D eigenvalue weighted by Gasteiger charge is 2.14. The number of aromatic amines is 1. The van der Waals surface area contributed by atoms with Crippen LogP contribution in [0.25, 0.3) is 10.9 Å². The van der Waals surface area contributed by atoms with E-state index >= 15 is 0 Å². The first kappa shape index (κ1) is 13.2. The molecule has 4 nitrogen and oxygen atoms in total. The summed E-state index contributed by atoms with van der Waals surface area (Å²) >= 11 is 0. The van der Waals surface area contributed by atoms with Gasteiger partial charge in [-0.3, -0.25) is 4.79 Å². The molecule has 3 rings (SSSR count). The molecule has 1 N–H and O–H groups in total. The van der Waals surface area contributed by atoms with Crippen LogP contribution in [0.15, 0.2) is 48.7 Å². The molecule has 4 heteroatoms. The van der Waals surface area contributed by atoms with E-state index in [1.165, 1.54) is 0 Å². The second-order valence-corrected chi connectivity index (χ2v) is 4.67. The largest absolute Gasteiger partial charge is 0.497 e. The van der Waals surface area contributed by atoms with Gasteiger partial charge < -0.3 is 14.5 Å². The van der Waals surface area contributed by atoms with Crippen LogP contribution in [0.5, 0.6) is 11.5 Å². The zero-order valence-electron chi connectivity index (χ0n) is 11.8. The van der Waals surface area contributed by atoms with Gasteiger partial charge in [-0.1, -0.05) is 0 Å². The fourth-order valence-corrected chi connectivity index (χ4v) is 2.32. The summed E-state index contributed by atoms with van der Waals surface area (Å²) in [4.78, 5) is 15.7. The molecule has 1 heterocycles. The van der Waals surface area contributed by atoms with Crippen molar-refractivity contribution in [3.05, 3.63) is 59.8 Å². The number of nitrogens with one attached hydrogen (secondary N) is 1. The molecule has 0 bridgehead atoms. The summed E-state index contributed by atoms with van der Waals surface area (Å²) in [6, 6.07) is 12.7. The molecular formula is C17H15NO3. The van der Waals surface area contributed by atoms with Crippen LogP contribution < -0.4 is 9.47 Å². The molecule has 0 fully saturated rings. The highest BCUT2D eigenvalue weighted by atomic mass is 16.5. The summed E-state index contributed by atoms with van der Waals surface area (Å²) < 4.78 is 10.3. The second-order valence-electron chi connectivity index (χ2n) is 4.67. The minimum absolute atomic E-state index is 0.0194. The van der Waals surface area contributed by atoms with E-state index in [1.807, 2.05) is 18.2 Å². The predicted octanol–water partition coefficient (Wildman–Crippen LogP) is 3.42. The Morgan fingerprint density at radius 3 is 2.29 bits per heavy atom. The van der Waals surface area contributed by atoms with Crippen LogP contribution in [-0.4, -0.2) is 25.0 Å². The van der Waals surface area contributed by atoms with Gasteiger partial charge >= 0.3 is 0 Å². The van der Waals surface area contributed by atoms with Gasteiger partial charge in [-0.2, -0.15) is 0 Å². The number of aromatic nitrogens is 1. The fraction of sp³-hybridized carbons (Fsp3) is 0.118. The van der Waals surface area contributed by atoms with E-state index in [-0.39, 0.29) is 5.78 Å². The van der Waals surface area contributed by atoms with Crippen molar-refractivity contribution in [3.8, 4) is 11.5 Å². The Morgan fingerprint density at radius 2 is 1.62 bits per heavy atom. The van der Waals surface area contributed by atoms with Crippen molar-refractivity contribution >= 4 is 16.7 Å². The van der Waals surface area contributed by atoms with Crippen LogP contribution in [0.4, 0.5) is 0 Å². The number of hydrogen-bond donors (Lipinski definition) is 1. The van der Waals surface area contributed by atoms with Crippen molar-refractivity contribution in [1.82, 2.24) is 4.98 Å². The maximum Gasteiger partial charge on any atom is 0.195 e. The highest BCUT2D eigenvalue weighted by molar-refractivity contribution is 6.16. The SMILES string of the molecule is COc1ccc(C(=O)c2c[nH]c3cc(OC)ccc23)cc1. The number of carbonyl (C=O) groups excluding carboxylic acids is 1. The Morgan fingerprint density at radius 1 is 0.952 bits per heavy atom. The standard InChI is InChI=1S/C17H15NO3/c1-20-12-5-3-11(4-6-12)17(19)15-10-18-16-9-13(21-2)7-8-14(15)16/h3-10,18H,1-2H3. The zero-order valence-corrected chi connectivity index (χ0v) is 11.8. The number of ketones is 1. The molecule has 0 aliphatic carbocycles. The first-order valence-electron chi connectivity index (χ1n) is 6.57. The van der Waals surface area contributed by atoms with E-state index in [0.717, 1.165) is 22.4 Å². The molecule has 21 heavy (non-hydrogen) atoms. The van der Waals surface area contributed by atoms with Gasteiger partial charge in [0.1, 0.15) is 11.5 Å². The van der Waals surface area contributed by atoms with E-state index in [9.17, 15) is 4.79 Å². The number of benzene rings is 2. The lowest BCUT2D eigenvalue weighted by Gasteiger charge is -2.03. The van der Waals surface area contributed by atoms with Gasteiger partial charge in [-0.05, 0) is 36.4 Å². The van der Waals surface area contributed by atoms with Crippen molar-refractivity contribution in [3.63, 3.8) is 0 Å². The normalized spacial score (nSPS) is 10.6. The summed E-state index contributed by atoms with van der Waals surface area (Å²) in [5, 5.41) is 0.886. The number of fused-ring (bicyclic) bond motifs is 1. The number of H-pyrrole nitrogens is 1. The smallest absolute Gasteiger partial charge is 0.195 e. The Hall–Kier alpha value is -2.75. The van der Waals surface area contributed by atoms with Crippen molar-refractivity contribution < 1.29 is 14.3 Å².